The maximum Gasteiger partial charge on any atom is 0.410 e. The summed E-state index contributed by atoms with van der Waals surface area (Å²) in [6.45, 7) is 4.79. The molecular formula is C20H27ClN2O5. The van der Waals surface area contributed by atoms with Gasteiger partial charge in [0.15, 0.2) is 0 Å². The van der Waals surface area contributed by atoms with E-state index in [0.717, 1.165) is 29.0 Å². The first-order chi connectivity index (χ1) is 13.5. The number of alkyl carbamates (subject to hydrolysis) is 1. The van der Waals surface area contributed by atoms with Gasteiger partial charge in [-0.05, 0) is 49.3 Å². The smallest absolute Gasteiger partial charge is 0.410 e. The fourth-order valence-corrected chi connectivity index (χ4v) is 3.44. The number of hydrogen-bond donors (Lipinski definition) is 1. The third-order valence-corrected chi connectivity index (χ3v) is 5.44. The topological polar surface area (TPSA) is 77.1 Å². The zero-order valence-corrected chi connectivity index (χ0v) is 16.9. The minimum absolute atomic E-state index is 0.0580. The molecule has 0 bridgehead atoms. The minimum atomic E-state index is -0.439. The van der Waals surface area contributed by atoms with E-state index >= 15 is 0 Å². The van der Waals surface area contributed by atoms with Crippen LogP contribution in [0.25, 0.3) is 0 Å². The second-order valence-corrected chi connectivity index (χ2v) is 7.75. The Balaban J connectivity index is 1.32. The molecule has 3 rings (SSSR count). The van der Waals surface area contributed by atoms with Gasteiger partial charge in [-0.3, -0.25) is 0 Å². The highest BCUT2D eigenvalue weighted by atomic mass is 35.5. The maximum absolute atomic E-state index is 12.3. The van der Waals surface area contributed by atoms with Crippen LogP contribution in [0.3, 0.4) is 0 Å². The van der Waals surface area contributed by atoms with Crippen molar-refractivity contribution in [1.29, 1.82) is 0 Å². The monoisotopic (exact) mass is 410 g/mol. The van der Waals surface area contributed by atoms with Gasteiger partial charge < -0.3 is 24.4 Å². The highest BCUT2D eigenvalue weighted by Gasteiger charge is 2.33. The van der Waals surface area contributed by atoms with Crippen LogP contribution in [-0.4, -0.2) is 56.0 Å². The number of benzene rings is 1. The molecule has 0 spiro atoms. The normalized spacial score (nSPS) is 22.8. The lowest BCUT2D eigenvalue weighted by Gasteiger charge is -2.35. The van der Waals surface area contributed by atoms with Crippen LogP contribution in [0.4, 0.5) is 9.59 Å². The van der Waals surface area contributed by atoms with Crippen LogP contribution in [0.5, 0.6) is 0 Å². The third-order valence-electron chi connectivity index (χ3n) is 5.02. The van der Waals surface area contributed by atoms with Crippen molar-refractivity contribution in [2.75, 3.05) is 32.8 Å². The first kappa shape index (κ1) is 20.7. The van der Waals surface area contributed by atoms with Gasteiger partial charge in [-0.15, -0.1) is 0 Å². The van der Waals surface area contributed by atoms with Gasteiger partial charge in [-0.25, -0.2) is 9.59 Å². The SMILES string of the molecule is Cc1cc(COCC2CC(OC(=O)N3CCCOC(=O)NCC3)C2)ccc1Cl. The quantitative estimate of drug-likeness (QED) is 0.803. The Morgan fingerprint density at radius 1 is 1.36 bits per heavy atom. The van der Waals surface area contributed by atoms with E-state index in [1.165, 1.54) is 0 Å². The van der Waals surface area contributed by atoms with Gasteiger partial charge in [-0.1, -0.05) is 23.7 Å². The first-order valence-electron chi connectivity index (χ1n) is 9.70. The molecule has 7 nitrogen and oxygen atoms in total. The number of amides is 2. The molecule has 1 saturated heterocycles. The highest BCUT2D eigenvalue weighted by molar-refractivity contribution is 6.31. The lowest BCUT2D eigenvalue weighted by molar-refractivity contribution is -0.0344. The Bertz CT molecular complexity index is 693. The number of halogens is 1. The largest absolute Gasteiger partial charge is 0.449 e. The lowest BCUT2D eigenvalue weighted by atomic mass is 9.83. The second kappa shape index (κ2) is 9.98. The lowest BCUT2D eigenvalue weighted by Crippen LogP contribution is -2.43. The summed E-state index contributed by atoms with van der Waals surface area (Å²) >= 11 is 6.03. The average Bonchev–Trinajstić information content (AvgIpc) is 2.74. The Labute approximate surface area is 170 Å². The van der Waals surface area contributed by atoms with Crippen molar-refractivity contribution in [3.8, 4) is 0 Å². The average molecular weight is 411 g/mol. The molecule has 154 valence electrons. The maximum atomic E-state index is 12.3. The predicted octanol–water partition coefficient (Wildman–Crippen LogP) is 3.51. The molecular weight excluding hydrogens is 384 g/mol. The predicted molar refractivity (Wildman–Crippen MR) is 104 cm³/mol. The molecule has 1 aliphatic heterocycles. The van der Waals surface area contributed by atoms with Crippen LogP contribution in [0.15, 0.2) is 18.2 Å². The van der Waals surface area contributed by atoms with E-state index < -0.39 is 6.09 Å². The number of hydrogen-bond acceptors (Lipinski definition) is 5. The zero-order chi connectivity index (χ0) is 19.9. The van der Waals surface area contributed by atoms with Crippen molar-refractivity contribution in [3.05, 3.63) is 34.3 Å². The molecule has 2 aliphatic rings. The van der Waals surface area contributed by atoms with Gasteiger partial charge in [0.25, 0.3) is 0 Å². The van der Waals surface area contributed by atoms with Crippen molar-refractivity contribution in [2.45, 2.75) is 38.9 Å². The molecule has 1 saturated carbocycles. The number of carbonyl (C=O) groups excluding carboxylic acids is 2. The number of cyclic esters (lactones) is 1. The molecule has 1 aliphatic carbocycles. The highest BCUT2D eigenvalue weighted by Crippen LogP contribution is 2.31. The first-order valence-corrected chi connectivity index (χ1v) is 10.1. The summed E-state index contributed by atoms with van der Waals surface area (Å²) in [5.74, 6) is 0.411. The van der Waals surface area contributed by atoms with Crippen LogP contribution in [0, 0.1) is 12.8 Å². The molecule has 1 aromatic rings. The Hall–Kier alpha value is -1.99. The van der Waals surface area contributed by atoms with Gasteiger partial charge in [0, 0.05) is 24.7 Å². The summed E-state index contributed by atoms with van der Waals surface area (Å²) in [5.41, 5.74) is 2.15. The Morgan fingerprint density at radius 3 is 2.96 bits per heavy atom. The number of nitrogens with zero attached hydrogens (tertiary/aromatic N) is 1. The van der Waals surface area contributed by atoms with Crippen molar-refractivity contribution >= 4 is 23.8 Å². The standard InChI is InChI=1S/C20H27ClN2O5/c1-14-9-15(3-4-18(14)21)12-26-13-16-10-17(11-16)28-20(25)23-6-2-8-27-19(24)22-5-7-23/h3-4,9,16-17H,2,5-8,10-13H2,1H3,(H,22,24). The molecule has 0 unspecified atom stereocenters. The van der Waals surface area contributed by atoms with E-state index in [1.54, 1.807) is 4.90 Å². The molecule has 1 heterocycles. The van der Waals surface area contributed by atoms with E-state index in [2.05, 4.69) is 5.32 Å². The van der Waals surface area contributed by atoms with Crippen LogP contribution >= 0.6 is 11.6 Å². The molecule has 1 aromatic carbocycles. The summed E-state index contributed by atoms with van der Waals surface area (Å²) in [6, 6.07) is 5.89. The molecule has 0 aromatic heterocycles. The van der Waals surface area contributed by atoms with Crippen LogP contribution in [0.1, 0.15) is 30.4 Å². The Kier molecular flexibility index (Phi) is 7.39. The number of ether oxygens (including phenoxy) is 3. The summed E-state index contributed by atoms with van der Waals surface area (Å²) in [5, 5.41) is 3.37. The van der Waals surface area contributed by atoms with Crippen molar-refractivity contribution < 1.29 is 23.8 Å². The molecule has 8 heteroatoms. The van der Waals surface area contributed by atoms with Crippen molar-refractivity contribution in [1.82, 2.24) is 10.2 Å². The van der Waals surface area contributed by atoms with Crippen molar-refractivity contribution in [3.63, 3.8) is 0 Å². The van der Waals surface area contributed by atoms with E-state index in [1.807, 2.05) is 25.1 Å². The van der Waals surface area contributed by atoms with E-state index in [4.69, 9.17) is 25.8 Å². The fourth-order valence-electron chi connectivity index (χ4n) is 3.32. The summed E-state index contributed by atoms with van der Waals surface area (Å²) in [6.07, 6.45) is 1.42. The molecule has 2 fully saturated rings. The van der Waals surface area contributed by atoms with Crippen molar-refractivity contribution in [2.24, 2.45) is 5.92 Å². The number of aryl methyl sites for hydroxylation is 1. The second-order valence-electron chi connectivity index (χ2n) is 7.35. The van der Waals surface area contributed by atoms with Gasteiger partial charge in [-0.2, -0.15) is 0 Å². The number of nitrogens with one attached hydrogen (secondary N) is 1. The molecule has 28 heavy (non-hydrogen) atoms. The van der Waals surface area contributed by atoms with E-state index in [0.29, 0.717) is 51.8 Å². The summed E-state index contributed by atoms with van der Waals surface area (Å²) in [7, 11) is 0. The molecule has 1 N–H and O–H groups in total. The number of carbonyl (C=O) groups is 2. The van der Waals surface area contributed by atoms with Crippen LogP contribution in [0.2, 0.25) is 5.02 Å². The summed E-state index contributed by atoms with van der Waals surface area (Å²) < 4.78 is 16.3. The van der Waals surface area contributed by atoms with E-state index in [9.17, 15) is 9.59 Å². The number of rotatable bonds is 5. The van der Waals surface area contributed by atoms with Gasteiger partial charge in [0.1, 0.15) is 6.10 Å². The third kappa shape index (κ3) is 6.01. The van der Waals surface area contributed by atoms with Crippen LogP contribution in [-0.2, 0) is 20.8 Å². The Morgan fingerprint density at radius 2 is 2.18 bits per heavy atom. The zero-order valence-electron chi connectivity index (χ0n) is 16.1. The van der Waals surface area contributed by atoms with Gasteiger partial charge in [0.2, 0.25) is 0 Å². The van der Waals surface area contributed by atoms with Crippen LogP contribution < -0.4 is 5.32 Å². The summed E-state index contributed by atoms with van der Waals surface area (Å²) in [4.78, 5) is 25.2. The van der Waals surface area contributed by atoms with Gasteiger partial charge >= 0.3 is 12.2 Å². The van der Waals surface area contributed by atoms with Gasteiger partial charge in [0.05, 0.1) is 19.8 Å². The molecule has 0 radical (unpaired) electrons. The van der Waals surface area contributed by atoms with E-state index in [-0.39, 0.29) is 12.2 Å². The minimum Gasteiger partial charge on any atom is -0.449 e. The fraction of sp³-hybridized carbons (Fsp3) is 0.600. The molecule has 2 amide bonds. The molecule has 0 atom stereocenters.